The lowest BCUT2D eigenvalue weighted by molar-refractivity contribution is -0.139. The quantitative estimate of drug-likeness (QED) is 0.585. The molecule has 1 saturated carbocycles. The van der Waals surface area contributed by atoms with Gasteiger partial charge in [-0.2, -0.15) is 18.2 Å². The summed E-state index contributed by atoms with van der Waals surface area (Å²) in [6.45, 7) is 1.93. The van der Waals surface area contributed by atoms with Gasteiger partial charge >= 0.3 is 6.18 Å². The van der Waals surface area contributed by atoms with Crippen LogP contribution < -0.4 is 0 Å². The first kappa shape index (κ1) is 12.8. The van der Waals surface area contributed by atoms with Gasteiger partial charge in [0.15, 0.2) is 0 Å². The van der Waals surface area contributed by atoms with E-state index < -0.39 is 17.3 Å². The maximum Gasteiger partial charge on any atom is 0.416 e. The van der Waals surface area contributed by atoms with Gasteiger partial charge in [-0.15, -0.1) is 0 Å². The maximum atomic E-state index is 12.9. The van der Waals surface area contributed by atoms with Gasteiger partial charge < -0.3 is 0 Å². The van der Waals surface area contributed by atoms with Gasteiger partial charge in [0, 0.05) is 0 Å². The number of rotatable bonds is 2. The Morgan fingerprint density at radius 2 is 1.94 bits per heavy atom. The van der Waals surface area contributed by atoms with Crippen LogP contribution in [0.4, 0.5) is 13.2 Å². The molecule has 1 aromatic carbocycles. The molecule has 1 fully saturated rings. The molecule has 5 heteroatoms. The summed E-state index contributed by atoms with van der Waals surface area (Å²) < 4.78 is 38.8. The van der Waals surface area contributed by atoms with Gasteiger partial charge in [0.1, 0.15) is 0 Å². The molecule has 0 aromatic heterocycles. The van der Waals surface area contributed by atoms with Gasteiger partial charge in [0.25, 0.3) is 0 Å². The Bertz CT molecular complexity index is 497. The Kier molecular flexibility index (Phi) is 3.03. The fourth-order valence-electron chi connectivity index (χ4n) is 2.69. The van der Waals surface area contributed by atoms with E-state index in [9.17, 15) is 18.0 Å². The zero-order valence-electron chi connectivity index (χ0n) is 9.79. The van der Waals surface area contributed by atoms with E-state index in [1.54, 1.807) is 0 Å². The third-order valence-corrected chi connectivity index (χ3v) is 3.37. The highest BCUT2D eigenvalue weighted by atomic mass is 19.4. The topological polar surface area (TPSA) is 29.4 Å². The van der Waals surface area contributed by atoms with Gasteiger partial charge in [0.2, 0.25) is 6.08 Å². The first-order valence-corrected chi connectivity index (χ1v) is 5.65. The summed E-state index contributed by atoms with van der Waals surface area (Å²) in [7, 11) is 0. The van der Waals surface area contributed by atoms with Crippen LogP contribution in [0, 0.1) is 5.92 Å². The van der Waals surface area contributed by atoms with Crippen molar-refractivity contribution in [1.82, 2.24) is 0 Å². The van der Waals surface area contributed by atoms with Gasteiger partial charge in [-0.1, -0.05) is 25.1 Å². The molecule has 1 aromatic rings. The molecule has 0 spiro atoms. The maximum absolute atomic E-state index is 12.9. The van der Waals surface area contributed by atoms with Crippen molar-refractivity contribution in [1.29, 1.82) is 0 Å². The highest BCUT2D eigenvalue weighted by Gasteiger charge is 2.48. The second-order valence-corrected chi connectivity index (χ2v) is 4.79. The van der Waals surface area contributed by atoms with Crippen LogP contribution in [-0.4, -0.2) is 6.08 Å². The summed E-state index contributed by atoms with van der Waals surface area (Å²) in [6, 6.07) is 5.30. The molecule has 0 heterocycles. The molecule has 0 aliphatic heterocycles. The number of nitrogens with zero attached hydrogens (tertiary/aromatic N) is 1. The molecule has 0 radical (unpaired) electrons. The smallest absolute Gasteiger partial charge is 0.211 e. The molecule has 0 N–H and O–H groups in total. The summed E-state index contributed by atoms with van der Waals surface area (Å²) in [4.78, 5) is 14.1. The van der Waals surface area contributed by atoms with Crippen molar-refractivity contribution < 1.29 is 18.0 Å². The van der Waals surface area contributed by atoms with Crippen molar-refractivity contribution >= 4 is 6.08 Å². The zero-order valence-corrected chi connectivity index (χ0v) is 9.79. The van der Waals surface area contributed by atoms with Crippen LogP contribution in [0.1, 0.15) is 30.9 Å². The number of isocyanates is 1. The zero-order chi connectivity index (χ0) is 13.4. The van der Waals surface area contributed by atoms with E-state index in [4.69, 9.17) is 0 Å². The van der Waals surface area contributed by atoms with Crippen LogP contribution in [0.2, 0.25) is 0 Å². The minimum absolute atomic E-state index is 0.0824. The van der Waals surface area contributed by atoms with Crippen molar-refractivity contribution in [2.45, 2.75) is 31.5 Å². The van der Waals surface area contributed by atoms with Crippen LogP contribution in [0.5, 0.6) is 0 Å². The first-order valence-electron chi connectivity index (χ1n) is 5.65. The summed E-state index contributed by atoms with van der Waals surface area (Å²) in [5.74, 6) is 0.267. The molecule has 0 unspecified atom stereocenters. The highest BCUT2D eigenvalue weighted by Crippen LogP contribution is 2.51. The molecule has 2 rings (SSSR count). The van der Waals surface area contributed by atoms with Crippen LogP contribution in [0.25, 0.3) is 0 Å². The monoisotopic (exact) mass is 255 g/mol. The lowest BCUT2D eigenvalue weighted by Gasteiger charge is -2.43. The van der Waals surface area contributed by atoms with Gasteiger partial charge in [0.05, 0.1) is 11.1 Å². The Labute approximate surface area is 103 Å². The molecule has 0 atom stereocenters. The molecule has 1 aliphatic carbocycles. The van der Waals surface area contributed by atoms with Crippen LogP contribution in [0.3, 0.4) is 0 Å². The number of carbonyl (C=O) groups excluding carboxylic acids is 1. The molecule has 18 heavy (non-hydrogen) atoms. The van der Waals surface area contributed by atoms with Crippen molar-refractivity contribution in [3.05, 3.63) is 35.4 Å². The minimum Gasteiger partial charge on any atom is -0.211 e. The number of hydrogen-bond donors (Lipinski definition) is 0. The molecule has 1 aliphatic rings. The molecular weight excluding hydrogens is 243 g/mol. The normalized spacial score (nSPS) is 27.2. The van der Waals surface area contributed by atoms with E-state index in [0.717, 1.165) is 6.07 Å². The van der Waals surface area contributed by atoms with E-state index in [0.29, 0.717) is 12.8 Å². The van der Waals surface area contributed by atoms with E-state index in [-0.39, 0.29) is 11.5 Å². The van der Waals surface area contributed by atoms with Gasteiger partial charge in [-0.3, -0.25) is 0 Å². The standard InChI is InChI=1S/C13H12F3NO/c1-9-6-12(7-9,17-8-18)10-4-2-3-5-11(10)13(14,15)16/h2-5,9H,6-7H2,1H3. The average molecular weight is 255 g/mol. The highest BCUT2D eigenvalue weighted by molar-refractivity contribution is 5.43. The second kappa shape index (κ2) is 4.25. The van der Waals surface area contributed by atoms with Crippen molar-refractivity contribution in [3.8, 4) is 0 Å². The van der Waals surface area contributed by atoms with Crippen molar-refractivity contribution in [3.63, 3.8) is 0 Å². The molecule has 0 saturated heterocycles. The van der Waals surface area contributed by atoms with Crippen LogP contribution in [0.15, 0.2) is 29.3 Å². The second-order valence-electron chi connectivity index (χ2n) is 4.79. The lowest BCUT2D eigenvalue weighted by atomic mass is 9.65. The molecule has 2 nitrogen and oxygen atoms in total. The van der Waals surface area contributed by atoms with Crippen LogP contribution in [-0.2, 0) is 16.5 Å². The summed E-state index contributed by atoms with van der Waals surface area (Å²) in [5.41, 5.74) is -1.66. The SMILES string of the molecule is CC1CC(N=C=O)(c2ccccc2C(F)(F)F)C1. The van der Waals surface area contributed by atoms with E-state index >= 15 is 0 Å². The molecule has 0 amide bonds. The number of halogens is 3. The van der Waals surface area contributed by atoms with E-state index in [1.165, 1.54) is 24.3 Å². The van der Waals surface area contributed by atoms with E-state index in [1.807, 2.05) is 6.92 Å². The van der Waals surface area contributed by atoms with Gasteiger partial charge in [-0.25, -0.2) is 4.79 Å². The minimum atomic E-state index is -4.43. The van der Waals surface area contributed by atoms with Crippen LogP contribution >= 0.6 is 0 Å². The third kappa shape index (κ3) is 2.06. The Morgan fingerprint density at radius 3 is 2.44 bits per heavy atom. The van der Waals surface area contributed by atoms with Crippen molar-refractivity contribution in [2.24, 2.45) is 10.9 Å². The summed E-state index contributed by atoms with van der Waals surface area (Å²) in [5, 5.41) is 0. The fraction of sp³-hybridized carbons (Fsp3) is 0.462. The number of hydrogen-bond acceptors (Lipinski definition) is 2. The lowest BCUT2D eigenvalue weighted by Crippen LogP contribution is -2.39. The average Bonchev–Trinajstić information content (AvgIpc) is 2.26. The first-order chi connectivity index (χ1) is 8.39. The predicted molar refractivity (Wildman–Crippen MR) is 59.6 cm³/mol. The number of benzene rings is 1. The van der Waals surface area contributed by atoms with E-state index in [2.05, 4.69) is 4.99 Å². The fourth-order valence-corrected chi connectivity index (χ4v) is 2.69. The number of alkyl halides is 3. The van der Waals surface area contributed by atoms with Gasteiger partial charge in [-0.05, 0) is 30.4 Å². The Hall–Kier alpha value is -1.61. The number of aliphatic imine (C=N–C) groups is 1. The summed E-state index contributed by atoms with van der Waals surface area (Å²) >= 11 is 0. The largest absolute Gasteiger partial charge is 0.416 e. The Balaban J connectivity index is 2.53. The summed E-state index contributed by atoms with van der Waals surface area (Å²) in [6.07, 6.45) is -2.11. The Morgan fingerprint density at radius 1 is 1.33 bits per heavy atom. The predicted octanol–water partition coefficient (Wildman–Crippen LogP) is 3.67. The van der Waals surface area contributed by atoms with Crippen molar-refractivity contribution in [2.75, 3.05) is 0 Å². The molecule has 0 bridgehead atoms. The molecular formula is C13H12F3NO. The third-order valence-electron chi connectivity index (χ3n) is 3.37. The molecule has 96 valence electrons.